The Morgan fingerprint density at radius 3 is 2.06 bits per heavy atom. The Labute approximate surface area is 208 Å². The molecule has 0 spiro atoms. The number of benzene rings is 2. The van der Waals surface area contributed by atoms with Gasteiger partial charge in [-0.1, -0.05) is 81.6 Å². The summed E-state index contributed by atoms with van der Waals surface area (Å²) in [7, 11) is -1.42. The molecule has 0 atom stereocenters. The molecule has 1 aromatic heterocycles. The second-order valence-electron chi connectivity index (χ2n) is 8.07. The van der Waals surface area contributed by atoms with Crippen LogP contribution in [0.2, 0.25) is 0 Å². The standard InChI is InChI=1S/C13H16O2.C10H8O2.C4H11N.O2Si/c14-12(11-7-3-1-4-8-11)13(15)9-5-2-6-10-13;1-7-6-10(11)12-9-5-3-2-4-8(7)9;1-3-5-4-2;1-3-2/h1,3-4,7-8,15H,2,5-6,9-10H2;2-6H,1H3;5H,3-4H2,1-2H3;. The minimum absolute atomic E-state index is 0.109. The molecule has 0 unspecified atom stereocenters. The second kappa shape index (κ2) is 16.6. The van der Waals surface area contributed by atoms with Crippen LogP contribution in [0.15, 0.2) is 69.9 Å². The van der Waals surface area contributed by atoms with Gasteiger partial charge < -0.3 is 14.8 Å². The van der Waals surface area contributed by atoms with E-state index in [-0.39, 0.29) is 11.4 Å². The molecular weight excluding hydrogens is 462 g/mol. The number of hydrogen-bond donors (Lipinski definition) is 2. The van der Waals surface area contributed by atoms with E-state index in [2.05, 4.69) is 19.2 Å². The molecule has 1 aliphatic rings. The van der Waals surface area contributed by atoms with Crippen LogP contribution in [0.3, 0.4) is 0 Å². The first-order valence-corrected chi connectivity index (χ1v) is 12.7. The highest BCUT2D eigenvalue weighted by Crippen LogP contribution is 2.31. The number of carbonyl (C=O) groups excluding carboxylic acids is 1. The highest BCUT2D eigenvalue weighted by Gasteiger charge is 2.37. The van der Waals surface area contributed by atoms with Crippen molar-refractivity contribution in [3.05, 3.63) is 82.2 Å². The van der Waals surface area contributed by atoms with Crippen LogP contribution in [-0.4, -0.2) is 38.9 Å². The van der Waals surface area contributed by atoms with Gasteiger partial charge >= 0.3 is 14.9 Å². The molecule has 8 heteroatoms. The van der Waals surface area contributed by atoms with Crippen LogP contribution in [0, 0.1) is 6.92 Å². The predicted octanol–water partition coefficient (Wildman–Crippen LogP) is 4.66. The van der Waals surface area contributed by atoms with E-state index in [1.54, 1.807) is 18.2 Å². The minimum Gasteiger partial charge on any atom is -0.423 e. The third-order valence-electron chi connectivity index (χ3n) is 5.50. The summed E-state index contributed by atoms with van der Waals surface area (Å²) in [6, 6.07) is 18.1. The molecule has 2 aromatic carbocycles. The number of fused-ring (bicyclic) bond motifs is 1. The Bertz CT molecular complexity index is 1120. The molecular formula is C27H35NO6Si. The zero-order valence-corrected chi connectivity index (χ0v) is 21.7. The lowest BCUT2D eigenvalue weighted by Crippen LogP contribution is -2.40. The summed E-state index contributed by atoms with van der Waals surface area (Å²) in [5.74, 6) is -0.109. The number of carbonyl (C=O) groups is 1. The molecule has 1 heterocycles. The highest BCUT2D eigenvalue weighted by atomic mass is 28.2. The minimum atomic E-state index is -1.42. The number of ketones is 1. The van der Waals surface area contributed by atoms with E-state index >= 15 is 0 Å². The van der Waals surface area contributed by atoms with Crippen LogP contribution < -0.4 is 10.9 Å². The van der Waals surface area contributed by atoms with Crippen molar-refractivity contribution in [2.24, 2.45) is 0 Å². The lowest BCUT2D eigenvalue weighted by atomic mass is 9.79. The Kier molecular flexibility index (Phi) is 14.3. The van der Waals surface area contributed by atoms with Crippen molar-refractivity contribution < 1.29 is 23.2 Å². The van der Waals surface area contributed by atoms with E-state index < -0.39 is 14.9 Å². The van der Waals surface area contributed by atoms with Crippen LogP contribution in [0.4, 0.5) is 0 Å². The van der Waals surface area contributed by atoms with Crippen molar-refractivity contribution in [3.63, 3.8) is 0 Å². The summed E-state index contributed by atoms with van der Waals surface area (Å²) in [6.07, 6.45) is 4.26. The summed E-state index contributed by atoms with van der Waals surface area (Å²) < 4.78 is 21.8. The maximum atomic E-state index is 12.1. The van der Waals surface area contributed by atoms with Gasteiger partial charge in [-0.05, 0) is 44.5 Å². The van der Waals surface area contributed by atoms with Crippen molar-refractivity contribution in [1.29, 1.82) is 0 Å². The van der Waals surface area contributed by atoms with E-state index in [9.17, 15) is 14.7 Å². The summed E-state index contributed by atoms with van der Waals surface area (Å²) in [6.45, 7) is 8.29. The maximum absolute atomic E-state index is 12.1. The zero-order valence-electron chi connectivity index (χ0n) is 20.7. The number of rotatable bonds is 4. The van der Waals surface area contributed by atoms with Gasteiger partial charge in [0.2, 0.25) is 0 Å². The quantitative estimate of drug-likeness (QED) is 0.306. The Morgan fingerprint density at radius 2 is 1.51 bits per heavy atom. The number of Topliss-reactive ketones (excluding diaryl/α,β-unsaturated/α-hetero) is 1. The van der Waals surface area contributed by atoms with Gasteiger partial charge in [0.05, 0.1) is 0 Å². The van der Waals surface area contributed by atoms with Crippen molar-refractivity contribution in [1.82, 2.24) is 5.32 Å². The molecule has 188 valence electrons. The molecule has 0 radical (unpaired) electrons. The maximum Gasteiger partial charge on any atom is 0.549 e. The molecule has 0 aliphatic heterocycles. The monoisotopic (exact) mass is 497 g/mol. The first-order valence-electron chi connectivity index (χ1n) is 11.8. The van der Waals surface area contributed by atoms with Crippen LogP contribution >= 0.6 is 0 Å². The van der Waals surface area contributed by atoms with Crippen molar-refractivity contribution >= 4 is 26.0 Å². The summed E-state index contributed by atoms with van der Waals surface area (Å²) in [4.78, 5) is 23.0. The van der Waals surface area contributed by atoms with Gasteiger partial charge in [0.25, 0.3) is 0 Å². The molecule has 0 saturated heterocycles. The molecule has 1 aliphatic carbocycles. The van der Waals surface area contributed by atoms with Crippen LogP contribution in [-0.2, 0) is 8.92 Å². The van der Waals surface area contributed by atoms with Gasteiger partial charge in [-0.3, -0.25) is 13.7 Å². The molecule has 3 aromatic rings. The Hall–Kier alpha value is -2.94. The lowest BCUT2D eigenvalue weighted by molar-refractivity contribution is 0.0116. The van der Waals surface area contributed by atoms with E-state index in [4.69, 9.17) is 13.3 Å². The Balaban J connectivity index is 0.000000273. The van der Waals surface area contributed by atoms with Gasteiger partial charge in [-0.25, -0.2) is 4.79 Å². The normalized spacial score (nSPS) is 13.5. The first kappa shape index (κ1) is 30.1. The van der Waals surface area contributed by atoms with Crippen LogP contribution in [0.5, 0.6) is 0 Å². The van der Waals surface area contributed by atoms with Crippen LogP contribution in [0.25, 0.3) is 11.0 Å². The van der Waals surface area contributed by atoms with Crippen molar-refractivity contribution in [3.8, 4) is 0 Å². The van der Waals surface area contributed by atoms with E-state index in [0.717, 1.165) is 43.3 Å². The van der Waals surface area contributed by atoms with E-state index in [0.29, 0.717) is 24.0 Å². The highest BCUT2D eigenvalue weighted by molar-refractivity contribution is 6.02. The molecule has 4 rings (SSSR count). The topological polar surface area (TPSA) is 114 Å². The van der Waals surface area contributed by atoms with E-state index in [1.807, 2.05) is 43.3 Å². The number of hydrogen-bond acceptors (Lipinski definition) is 7. The average Bonchev–Trinajstić information content (AvgIpc) is 2.86. The number of nitrogens with one attached hydrogen (secondary N) is 1. The fourth-order valence-corrected chi connectivity index (χ4v) is 3.75. The van der Waals surface area contributed by atoms with Gasteiger partial charge in [0.1, 0.15) is 11.2 Å². The van der Waals surface area contributed by atoms with Gasteiger partial charge in [0.15, 0.2) is 5.78 Å². The first-order chi connectivity index (χ1) is 16.8. The predicted molar refractivity (Wildman–Crippen MR) is 137 cm³/mol. The fraction of sp³-hybridized carbons (Fsp3) is 0.407. The molecule has 1 fully saturated rings. The second-order valence-corrected chi connectivity index (χ2v) is 8.24. The molecule has 1 saturated carbocycles. The van der Waals surface area contributed by atoms with E-state index in [1.165, 1.54) is 6.07 Å². The Morgan fingerprint density at radius 1 is 0.971 bits per heavy atom. The fourth-order valence-electron chi connectivity index (χ4n) is 3.75. The zero-order chi connectivity index (χ0) is 26.1. The van der Waals surface area contributed by atoms with Gasteiger partial charge in [0, 0.05) is 17.0 Å². The SMILES string of the molecule is CCNCC.Cc1cc(=O)oc2ccccc12.O=C(c1ccccc1)C1(O)CCCCC1.O=[Si]=O. The lowest BCUT2D eigenvalue weighted by Gasteiger charge is -2.30. The third kappa shape index (κ3) is 10.5. The number of aliphatic hydroxyl groups is 1. The molecule has 0 bridgehead atoms. The van der Waals surface area contributed by atoms with Crippen molar-refractivity contribution in [2.45, 2.75) is 58.5 Å². The number of aryl methyl sites for hydroxylation is 1. The van der Waals surface area contributed by atoms with Gasteiger partial charge in [-0.15, -0.1) is 0 Å². The largest absolute Gasteiger partial charge is 0.549 e. The summed E-state index contributed by atoms with van der Waals surface area (Å²) >= 11 is 0. The van der Waals surface area contributed by atoms with Gasteiger partial charge in [-0.2, -0.15) is 0 Å². The summed E-state index contributed by atoms with van der Waals surface area (Å²) in [5, 5.41) is 14.4. The molecule has 35 heavy (non-hydrogen) atoms. The van der Waals surface area contributed by atoms with Crippen molar-refractivity contribution in [2.75, 3.05) is 13.1 Å². The third-order valence-corrected chi connectivity index (χ3v) is 5.50. The van der Waals surface area contributed by atoms with Crippen LogP contribution in [0.1, 0.15) is 61.9 Å². The molecule has 0 amide bonds. The smallest absolute Gasteiger partial charge is 0.423 e. The molecule has 7 nitrogen and oxygen atoms in total. The average molecular weight is 498 g/mol. The summed E-state index contributed by atoms with van der Waals surface area (Å²) in [5.41, 5.74) is 0.858. The molecule has 2 N–H and O–H groups in total. The number of para-hydroxylation sites is 1.